The first-order chi connectivity index (χ1) is 13.8. The number of nitrogens with one attached hydrogen (secondary N) is 2. The maximum absolute atomic E-state index is 12.6. The third-order valence-electron chi connectivity index (χ3n) is 3.82. The fraction of sp³-hybridized carbons (Fsp3) is 0. The van der Waals surface area contributed by atoms with Crippen LogP contribution in [0.25, 0.3) is 0 Å². The highest BCUT2D eigenvalue weighted by atomic mass is 79.9. The SMILES string of the molecule is O=C(Nc1cccc(Br)c1)c1cc(C(=O)Nc2cccc(Br)c2)cc([N+](=O)[O-])c1. The van der Waals surface area contributed by atoms with Gasteiger partial charge < -0.3 is 10.6 Å². The van der Waals surface area contributed by atoms with Crippen molar-refractivity contribution in [1.82, 2.24) is 0 Å². The minimum Gasteiger partial charge on any atom is -0.322 e. The topological polar surface area (TPSA) is 101 Å². The van der Waals surface area contributed by atoms with E-state index in [4.69, 9.17) is 0 Å². The fourth-order valence-electron chi connectivity index (χ4n) is 2.52. The van der Waals surface area contributed by atoms with Crippen LogP contribution in [0.5, 0.6) is 0 Å². The molecule has 0 heterocycles. The number of nitro groups is 1. The van der Waals surface area contributed by atoms with Crippen LogP contribution in [0.2, 0.25) is 0 Å². The Bertz CT molecular complexity index is 1040. The molecular weight excluding hydrogens is 506 g/mol. The van der Waals surface area contributed by atoms with Crippen LogP contribution >= 0.6 is 31.9 Å². The van der Waals surface area contributed by atoms with Crippen LogP contribution in [0, 0.1) is 10.1 Å². The van der Waals surface area contributed by atoms with Crippen molar-refractivity contribution >= 4 is 60.7 Å². The summed E-state index contributed by atoms with van der Waals surface area (Å²) < 4.78 is 1.53. The van der Waals surface area contributed by atoms with E-state index >= 15 is 0 Å². The summed E-state index contributed by atoms with van der Waals surface area (Å²) in [6, 6.07) is 17.4. The summed E-state index contributed by atoms with van der Waals surface area (Å²) in [6.07, 6.45) is 0. The molecule has 0 aliphatic rings. The molecule has 0 radical (unpaired) electrons. The molecule has 0 aliphatic heterocycles. The quantitative estimate of drug-likeness (QED) is 0.338. The van der Waals surface area contributed by atoms with Gasteiger partial charge in [0.25, 0.3) is 17.5 Å². The van der Waals surface area contributed by atoms with E-state index in [1.165, 1.54) is 6.07 Å². The minimum atomic E-state index is -0.647. The van der Waals surface area contributed by atoms with Crippen molar-refractivity contribution in [1.29, 1.82) is 0 Å². The highest BCUT2D eigenvalue weighted by molar-refractivity contribution is 9.10. The van der Waals surface area contributed by atoms with Crippen LogP contribution < -0.4 is 10.6 Å². The molecule has 0 aliphatic carbocycles. The van der Waals surface area contributed by atoms with Crippen molar-refractivity contribution in [3.63, 3.8) is 0 Å². The number of halogens is 2. The molecule has 0 saturated heterocycles. The van der Waals surface area contributed by atoms with Gasteiger partial charge in [-0.3, -0.25) is 19.7 Å². The average Bonchev–Trinajstić information content (AvgIpc) is 2.67. The van der Waals surface area contributed by atoms with Gasteiger partial charge in [0.05, 0.1) is 4.92 Å². The predicted molar refractivity (Wildman–Crippen MR) is 117 cm³/mol. The molecule has 9 heteroatoms. The minimum absolute atomic E-state index is 0.00133. The Hall–Kier alpha value is -3.04. The van der Waals surface area contributed by atoms with Gasteiger partial charge in [-0.05, 0) is 42.5 Å². The molecule has 0 unspecified atom stereocenters. The molecule has 146 valence electrons. The van der Waals surface area contributed by atoms with Crippen LogP contribution in [0.4, 0.5) is 17.1 Å². The van der Waals surface area contributed by atoms with Gasteiger partial charge in [-0.15, -0.1) is 0 Å². The van der Waals surface area contributed by atoms with E-state index < -0.39 is 16.7 Å². The van der Waals surface area contributed by atoms with E-state index in [0.717, 1.165) is 21.1 Å². The van der Waals surface area contributed by atoms with Gasteiger partial charge in [-0.2, -0.15) is 0 Å². The van der Waals surface area contributed by atoms with E-state index in [1.807, 2.05) is 0 Å². The third-order valence-corrected chi connectivity index (χ3v) is 4.80. The van der Waals surface area contributed by atoms with Crippen LogP contribution in [0.3, 0.4) is 0 Å². The smallest absolute Gasteiger partial charge is 0.271 e. The number of rotatable bonds is 5. The van der Waals surface area contributed by atoms with E-state index in [0.29, 0.717) is 11.4 Å². The number of nitro benzene ring substituents is 1. The fourth-order valence-corrected chi connectivity index (χ4v) is 3.32. The van der Waals surface area contributed by atoms with Crippen molar-refractivity contribution < 1.29 is 14.5 Å². The van der Waals surface area contributed by atoms with Gasteiger partial charge in [0.2, 0.25) is 0 Å². The molecular formula is C20H13Br2N3O4. The van der Waals surface area contributed by atoms with Crippen molar-refractivity contribution in [3.8, 4) is 0 Å². The van der Waals surface area contributed by atoms with Crippen LogP contribution in [-0.2, 0) is 0 Å². The highest BCUT2D eigenvalue weighted by Gasteiger charge is 2.18. The van der Waals surface area contributed by atoms with Crippen LogP contribution in [-0.4, -0.2) is 16.7 Å². The van der Waals surface area contributed by atoms with Gasteiger partial charge in [0.1, 0.15) is 0 Å². The second kappa shape index (κ2) is 8.97. The molecule has 7 nitrogen and oxygen atoms in total. The lowest BCUT2D eigenvalue weighted by molar-refractivity contribution is -0.384. The van der Waals surface area contributed by atoms with Crippen molar-refractivity contribution in [2.24, 2.45) is 0 Å². The summed E-state index contributed by atoms with van der Waals surface area (Å²) in [5.41, 5.74) is 0.662. The Morgan fingerprint density at radius 3 is 1.59 bits per heavy atom. The number of amides is 2. The van der Waals surface area contributed by atoms with Crippen LogP contribution in [0.1, 0.15) is 20.7 Å². The molecule has 2 N–H and O–H groups in total. The number of nitrogens with zero attached hydrogens (tertiary/aromatic N) is 1. The number of carbonyl (C=O) groups is 2. The van der Waals surface area contributed by atoms with Crippen LogP contribution in [0.15, 0.2) is 75.7 Å². The summed E-state index contributed by atoms with van der Waals surface area (Å²) in [7, 11) is 0. The Morgan fingerprint density at radius 1 is 0.759 bits per heavy atom. The first kappa shape index (κ1) is 20.7. The number of carbonyl (C=O) groups excluding carboxylic acids is 2. The third kappa shape index (κ3) is 5.49. The van der Waals surface area contributed by atoms with E-state index in [1.54, 1.807) is 48.5 Å². The molecule has 3 rings (SSSR count). The van der Waals surface area contributed by atoms with Crippen molar-refractivity contribution in [3.05, 3.63) is 96.9 Å². The molecule has 3 aromatic rings. The molecule has 0 bridgehead atoms. The number of anilines is 2. The predicted octanol–water partition coefficient (Wildman–Crippen LogP) is 5.62. The van der Waals surface area contributed by atoms with E-state index in [2.05, 4.69) is 42.5 Å². The van der Waals surface area contributed by atoms with Gasteiger partial charge in [-0.25, -0.2) is 0 Å². The Labute approximate surface area is 182 Å². The number of hydrogen-bond acceptors (Lipinski definition) is 4. The van der Waals surface area contributed by atoms with E-state index in [9.17, 15) is 19.7 Å². The molecule has 3 aromatic carbocycles. The standard InChI is InChI=1S/C20H13Br2N3O4/c21-14-3-1-5-16(10-14)23-19(26)12-7-13(9-18(8-12)25(28)29)20(27)24-17-6-2-4-15(22)11-17/h1-11H,(H,23,26)(H,24,27). The van der Waals surface area contributed by atoms with Gasteiger partial charge in [0.15, 0.2) is 0 Å². The Kier molecular flexibility index (Phi) is 6.40. The molecule has 0 saturated carbocycles. The Morgan fingerprint density at radius 2 is 1.21 bits per heavy atom. The Balaban J connectivity index is 1.90. The average molecular weight is 519 g/mol. The molecule has 0 atom stereocenters. The summed E-state index contributed by atoms with van der Waals surface area (Å²) >= 11 is 6.62. The maximum atomic E-state index is 12.6. The summed E-state index contributed by atoms with van der Waals surface area (Å²) in [6.45, 7) is 0. The zero-order valence-corrected chi connectivity index (χ0v) is 17.9. The van der Waals surface area contributed by atoms with Gasteiger partial charge in [-0.1, -0.05) is 44.0 Å². The lowest BCUT2D eigenvalue weighted by atomic mass is 10.1. The second-order valence-corrected chi connectivity index (χ2v) is 7.79. The zero-order chi connectivity index (χ0) is 21.0. The number of benzene rings is 3. The largest absolute Gasteiger partial charge is 0.322 e. The number of hydrogen-bond donors (Lipinski definition) is 2. The van der Waals surface area contributed by atoms with Gasteiger partial charge in [0, 0.05) is 43.6 Å². The molecule has 0 spiro atoms. The monoisotopic (exact) mass is 517 g/mol. The first-order valence-corrected chi connectivity index (χ1v) is 9.84. The lowest BCUT2D eigenvalue weighted by Gasteiger charge is -2.09. The first-order valence-electron chi connectivity index (χ1n) is 8.25. The normalized spacial score (nSPS) is 10.3. The number of non-ortho nitro benzene ring substituents is 1. The summed E-state index contributed by atoms with van der Waals surface area (Å²) in [4.78, 5) is 35.8. The maximum Gasteiger partial charge on any atom is 0.271 e. The molecule has 0 aromatic heterocycles. The zero-order valence-electron chi connectivity index (χ0n) is 14.7. The molecule has 29 heavy (non-hydrogen) atoms. The molecule has 0 fully saturated rings. The van der Waals surface area contributed by atoms with Crippen molar-refractivity contribution in [2.75, 3.05) is 10.6 Å². The van der Waals surface area contributed by atoms with Gasteiger partial charge >= 0.3 is 0 Å². The second-order valence-electron chi connectivity index (χ2n) is 5.95. The van der Waals surface area contributed by atoms with Crippen molar-refractivity contribution in [2.45, 2.75) is 0 Å². The summed E-state index contributed by atoms with van der Waals surface area (Å²) in [5, 5.41) is 16.6. The molecule has 2 amide bonds. The lowest BCUT2D eigenvalue weighted by Crippen LogP contribution is -2.16. The van der Waals surface area contributed by atoms with E-state index in [-0.39, 0.29) is 16.8 Å². The highest BCUT2D eigenvalue weighted by Crippen LogP contribution is 2.22. The summed E-state index contributed by atoms with van der Waals surface area (Å²) in [5.74, 6) is -1.13.